The lowest BCUT2D eigenvalue weighted by Gasteiger charge is -2.11. The molecule has 0 atom stereocenters. The first kappa shape index (κ1) is 13.4. The van der Waals surface area contributed by atoms with Crippen molar-refractivity contribution in [3.05, 3.63) is 23.8 Å². The van der Waals surface area contributed by atoms with E-state index in [1.165, 1.54) is 7.11 Å². The number of ether oxygens (including phenoxy) is 3. The average molecular weight is 238 g/mol. The first-order valence-corrected chi connectivity index (χ1v) is 5.62. The van der Waals surface area contributed by atoms with Crippen molar-refractivity contribution in [2.75, 3.05) is 20.8 Å². The Morgan fingerprint density at radius 3 is 2.59 bits per heavy atom. The zero-order valence-corrected chi connectivity index (χ0v) is 10.5. The Morgan fingerprint density at radius 2 is 2.00 bits per heavy atom. The third-order valence-electron chi connectivity index (χ3n) is 2.34. The van der Waals surface area contributed by atoms with Crippen LogP contribution in [0, 0.1) is 0 Å². The molecule has 0 saturated heterocycles. The molecule has 4 heteroatoms. The second-order valence-electron chi connectivity index (χ2n) is 3.56. The molecular formula is C13H18O4. The SMILES string of the molecule is CCCCOc1cc(C(=O)OC)ccc1OC. The standard InChI is InChI=1S/C13H18O4/c1-4-5-8-17-12-9-10(13(14)16-3)6-7-11(12)15-2/h6-7,9H,4-5,8H2,1-3H3. The minimum Gasteiger partial charge on any atom is -0.493 e. The maximum Gasteiger partial charge on any atom is 0.337 e. The van der Waals surface area contributed by atoms with E-state index in [0.29, 0.717) is 23.7 Å². The topological polar surface area (TPSA) is 44.8 Å². The summed E-state index contributed by atoms with van der Waals surface area (Å²) in [6.07, 6.45) is 2.02. The van der Waals surface area contributed by atoms with Gasteiger partial charge >= 0.3 is 5.97 Å². The van der Waals surface area contributed by atoms with E-state index in [-0.39, 0.29) is 5.97 Å². The summed E-state index contributed by atoms with van der Waals surface area (Å²) in [5.74, 6) is 0.811. The van der Waals surface area contributed by atoms with Gasteiger partial charge in [-0.15, -0.1) is 0 Å². The number of carbonyl (C=O) groups excluding carboxylic acids is 1. The third kappa shape index (κ3) is 3.66. The molecule has 0 aliphatic rings. The smallest absolute Gasteiger partial charge is 0.337 e. The second kappa shape index (κ2) is 6.78. The number of unbranched alkanes of at least 4 members (excludes halogenated alkanes) is 1. The van der Waals surface area contributed by atoms with E-state index in [4.69, 9.17) is 9.47 Å². The van der Waals surface area contributed by atoms with Gasteiger partial charge in [0.25, 0.3) is 0 Å². The monoisotopic (exact) mass is 238 g/mol. The highest BCUT2D eigenvalue weighted by atomic mass is 16.5. The molecule has 0 aliphatic heterocycles. The molecule has 0 N–H and O–H groups in total. The normalized spacial score (nSPS) is 9.82. The van der Waals surface area contributed by atoms with Crippen molar-refractivity contribution in [2.45, 2.75) is 19.8 Å². The van der Waals surface area contributed by atoms with Crippen molar-refractivity contribution in [1.29, 1.82) is 0 Å². The van der Waals surface area contributed by atoms with Crippen LogP contribution in [-0.2, 0) is 4.74 Å². The molecule has 0 bridgehead atoms. The van der Waals surface area contributed by atoms with Gasteiger partial charge in [0.2, 0.25) is 0 Å². The first-order valence-electron chi connectivity index (χ1n) is 5.62. The summed E-state index contributed by atoms with van der Waals surface area (Å²) in [5.41, 5.74) is 0.458. The van der Waals surface area contributed by atoms with Crippen LogP contribution in [0.4, 0.5) is 0 Å². The van der Waals surface area contributed by atoms with E-state index in [0.717, 1.165) is 12.8 Å². The van der Waals surface area contributed by atoms with Gasteiger partial charge in [-0.25, -0.2) is 4.79 Å². The van der Waals surface area contributed by atoms with Crippen molar-refractivity contribution < 1.29 is 19.0 Å². The van der Waals surface area contributed by atoms with Crippen molar-refractivity contribution in [3.63, 3.8) is 0 Å². The lowest BCUT2D eigenvalue weighted by molar-refractivity contribution is 0.0600. The van der Waals surface area contributed by atoms with Gasteiger partial charge < -0.3 is 14.2 Å². The van der Waals surface area contributed by atoms with Gasteiger partial charge in [0, 0.05) is 0 Å². The van der Waals surface area contributed by atoms with Crippen molar-refractivity contribution in [3.8, 4) is 11.5 Å². The molecule has 0 fully saturated rings. The minimum absolute atomic E-state index is 0.381. The zero-order valence-electron chi connectivity index (χ0n) is 10.5. The van der Waals surface area contributed by atoms with Gasteiger partial charge in [-0.3, -0.25) is 0 Å². The largest absolute Gasteiger partial charge is 0.493 e. The number of methoxy groups -OCH3 is 2. The molecular weight excluding hydrogens is 220 g/mol. The van der Waals surface area contributed by atoms with Gasteiger partial charge in [0.1, 0.15) is 0 Å². The molecule has 17 heavy (non-hydrogen) atoms. The van der Waals surface area contributed by atoms with Crippen LogP contribution in [0.25, 0.3) is 0 Å². The molecule has 0 unspecified atom stereocenters. The number of carbonyl (C=O) groups is 1. The molecule has 1 rings (SSSR count). The Balaban J connectivity index is 2.86. The summed E-state index contributed by atoms with van der Waals surface area (Å²) in [4.78, 5) is 11.4. The Bertz CT molecular complexity index is 374. The third-order valence-corrected chi connectivity index (χ3v) is 2.34. The number of esters is 1. The van der Waals surface area contributed by atoms with Gasteiger partial charge in [-0.2, -0.15) is 0 Å². The predicted octanol–water partition coefficient (Wildman–Crippen LogP) is 2.66. The van der Waals surface area contributed by atoms with Crippen LogP contribution in [0.15, 0.2) is 18.2 Å². The van der Waals surface area contributed by atoms with Crippen LogP contribution in [0.1, 0.15) is 30.1 Å². The van der Waals surface area contributed by atoms with Crippen molar-refractivity contribution >= 4 is 5.97 Å². The van der Waals surface area contributed by atoms with E-state index in [2.05, 4.69) is 11.7 Å². The fourth-order valence-electron chi connectivity index (χ4n) is 1.36. The summed E-state index contributed by atoms with van der Waals surface area (Å²) in [7, 11) is 2.92. The highest BCUT2D eigenvalue weighted by Gasteiger charge is 2.11. The van der Waals surface area contributed by atoms with Crippen molar-refractivity contribution in [1.82, 2.24) is 0 Å². The van der Waals surface area contributed by atoms with E-state index in [9.17, 15) is 4.79 Å². The molecule has 0 saturated carbocycles. The number of rotatable bonds is 6. The lowest BCUT2D eigenvalue weighted by Crippen LogP contribution is -2.04. The first-order chi connectivity index (χ1) is 8.22. The molecule has 0 amide bonds. The fraction of sp³-hybridized carbons (Fsp3) is 0.462. The summed E-state index contributed by atoms with van der Waals surface area (Å²) >= 11 is 0. The summed E-state index contributed by atoms with van der Waals surface area (Å²) < 4.78 is 15.4. The Kier molecular flexibility index (Phi) is 5.33. The second-order valence-corrected chi connectivity index (χ2v) is 3.56. The van der Waals surface area contributed by atoms with Gasteiger partial charge in [-0.1, -0.05) is 13.3 Å². The van der Waals surface area contributed by atoms with E-state index >= 15 is 0 Å². The van der Waals surface area contributed by atoms with Crippen LogP contribution in [-0.4, -0.2) is 26.8 Å². The molecule has 0 aliphatic carbocycles. The predicted molar refractivity (Wildman–Crippen MR) is 64.7 cm³/mol. The molecule has 4 nitrogen and oxygen atoms in total. The summed E-state index contributed by atoms with van der Waals surface area (Å²) in [5, 5.41) is 0. The molecule has 1 aromatic carbocycles. The van der Waals surface area contributed by atoms with Crippen LogP contribution in [0.3, 0.4) is 0 Å². The van der Waals surface area contributed by atoms with Gasteiger partial charge in [0.05, 0.1) is 26.4 Å². The zero-order chi connectivity index (χ0) is 12.7. The Hall–Kier alpha value is -1.71. The molecule has 0 radical (unpaired) electrons. The molecule has 0 spiro atoms. The number of hydrogen-bond acceptors (Lipinski definition) is 4. The number of hydrogen-bond donors (Lipinski definition) is 0. The quantitative estimate of drug-likeness (QED) is 0.564. The van der Waals surface area contributed by atoms with Crippen molar-refractivity contribution in [2.24, 2.45) is 0 Å². The lowest BCUT2D eigenvalue weighted by atomic mass is 10.2. The van der Waals surface area contributed by atoms with Crippen LogP contribution in [0.5, 0.6) is 11.5 Å². The Labute approximate surface area is 101 Å². The van der Waals surface area contributed by atoms with E-state index < -0.39 is 0 Å². The van der Waals surface area contributed by atoms with E-state index in [1.807, 2.05) is 0 Å². The molecule has 0 heterocycles. The molecule has 0 aromatic heterocycles. The Morgan fingerprint density at radius 1 is 1.24 bits per heavy atom. The summed E-state index contributed by atoms with van der Waals surface area (Å²) in [6.45, 7) is 2.70. The van der Waals surface area contributed by atoms with Crippen LogP contribution < -0.4 is 9.47 Å². The maximum absolute atomic E-state index is 11.4. The highest BCUT2D eigenvalue weighted by Crippen LogP contribution is 2.28. The van der Waals surface area contributed by atoms with Gasteiger partial charge in [0.15, 0.2) is 11.5 Å². The summed E-state index contributed by atoms with van der Waals surface area (Å²) in [6, 6.07) is 4.99. The van der Waals surface area contributed by atoms with Crippen LogP contribution in [0.2, 0.25) is 0 Å². The number of benzene rings is 1. The fourth-order valence-corrected chi connectivity index (χ4v) is 1.36. The maximum atomic E-state index is 11.4. The highest BCUT2D eigenvalue weighted by molar-refractivity contribution is 5.90. The minimum atomic E-state index is -0.381. The van der Waals surface area contributed by atoms with Crippen LogP contribution >= 0.6 is 0 Å². The average Bonchev–Trinajstić information content (AvgIpc) is 2.38. The van der Waals surface area contributed by atoms with Gasteiger partial charge in [-0.05, 0) is 24.6 Å². The van der Waals surface area contributed by atoms with E-state index in [1.54, 1.807) is 25.3 Å². The molecule has 94 valence electrons. The molecule has 1 aromatic rings.